The molecule has 0 atom stereocenters. The van der Waals surface area contributed by atoms with Gasteiger partial charge in [-0.25, -0.2) is 0 Å². The number of hydrogen-bond acceptors (Lipinski definition) is 0. The molecule has 1 heteroatoms. The Morgan fingerprint density at radius 1 is 0.933 bits per heavy atom. The van der Waals surface area contributed by atoms with E-state index in [4.69, 9.17) is 0 Å². The standard InChI is InChI=1S/C14H30N/c1-14(2,3)10-6-5-7-11-15(4)12-8-9-13-15/h5-13H2,1-4H3/q+1. The topological polar surface area (TPSA) is 0 Å². The molecule has 1 aliphatic heterocycles. The monoisotopic (exact) mass is 212 g/mol. The van der Waals surface area contributed by atoms with E-state index < -0.39 is 0 Å². The third-order valence-corrected chi connectivity index (χ3v) is 3.77. The molecule has 1 nitrogen and oxygen atoms in total. The van der Waals surface area contributed by atoms with E-state index in [-0.39, 0.29) is 0 Å². The molecule has 90 valence electrons. The van der Waals surface area contributed by atoms with Crippen LogP contribution >= 0.6 is 0 Å². The maximum Gasteiger partial charge on any atom is 0.0786 e. The fraction of sp³-hybridized carbons (Fsp3) is 1.00. The number of likely N-dealkylation sites (tertiary alicyclic amines) is 1. The largest absolute Gasteiger partial charge is 0.326 e. The Morgan fingerprint density at radius 2 is 1.53 bits per heavy atom. The van der Waals surface area contributed by atoms with Gasteiger partial charge in [0.1, 0.15) is 0 Å². The summed E-state index contributed by atoms with van der Waals surface area (Å²) in [5.41, 5.74) is 0.534. The highest BCUT2D eigenvalue weighted by Gasteiger charge is 2.25. The highest BCUT2D eigenvalue weighted by molar-refractivity contribution is 4.61. The first-order valence-corrected chi connectivity index (χ1v) is 6.75. The van der Waals surface area contributed by atoms with Gasteiger partial charge in [-0.05, 0) is 24.7 Å². The number of quaternary nitrogens is 1. The van der Waals surface area contributed by atoms with Crippen LogP contribution in [0.5, 0.6) is 0 Å². The summed E-state index contributed by atoms with van der Waals surface area (Å²) in [4.78, 5) is 0. The maximum absolute atomic E-state index is 2.44. The van der Waals surface area contributed by atoms with Crippen molar-refractivity contribution in [3.8, 4) is 0 Å². The van der Waals surface area contributed by atoms with E-state index in [2.05, 4.69) is 27.8 Å². The number of rotatable bonds is 5. The van der Waals surface area contributed by atoms with E-state index in [1.165, 1.54) is 62.6 Å². The number of nitrogens with zero attached hydrogens (tertiary/aromatic N) is 1. The lowest BCUT2D eigenvalue weighted by molar-refractivity contribution is -0.897. The molecule has 0 aromatic heterocycles. The highest BCUT2D eigenvalue weighted by Crippen LogP contribution is 2.23. The molecule has 0 aromatic rings. The molecular weight excluding hydrogens is 182 g/mol. The Kier molecular flexibility index (Phi) is 4.64. The molecule has 1 aliphatic rings. The van der Waals surface area contributed by atoms with Crippen molar-refractivity contribution >= 4 is 0 Å². The van der Waals surface area contributed by atoms with Crippen LogP contribution < -0.4 is 0 Å². The summed E-state index contributed by atoms with van der Waals surface area (Å²) in [5, 5.41) is 0. The van der Waals surface area contributed by atoms with Crippen molar-refractivity contribution in [3.05, 3.63) is 0 Å². The molecule has 0 unspecified atom stereocenters. The zero-order valence-electron chi connectivity index (χ0n) is 11.3. The molecule has 0 N–H and O–H groups in total. The predicted octanol–water partition coefficient (Wildman–Crippen LogP) is 3.83. The Morgan fingerprint density at radius 3 is 2.07 bits per heavy atom. The van der Waals surface area contributed by atoms with Crippen LogP contribution in [0.3, 0.4) is 0 Å². The van der Waals surface area contributed by atoms with Gasteiger partial charge in [-0.1, -0.05) is 27.2 Å². The van der Waals surface area contributed by atoms with E-state index in [0.29, 0.717) is 5.41 Å². The minimum atomic E-state index is 0.534. The fourth-order valence-electron chi connectivity index (χ4n) is 2.65. The van der Waals surface area contributed by atoms with Crippen LogP contribution in [0.25, 0.3) is 0 Å². The van der Waals surface area contributed by atoms with Gasteiger partial charge >= 0.3 is 0 Å². The Balaban J connectivity index is 2.02. The van der Waals surface area contributed by atoms with Gasteiger partial charge in [0, 0.05) is 12.8 Å². The SMILES string of the molecule is CC(C)(C)CCCCC[N+]1(C)CCCC1. The van der Waals surface area contributed by atoms with Gasteiger partial charge < -0.3 is 4.48 Å². The van der Waals surface area contributed by atoms with Crippen molar-refractivity contribution < 1.29 is 4.48 Å². The maximum atomic E-state index is 2.44. The second kappa shape index (κ2) is 5.34. The Hall–Kier alpha value is -0.0400. The molecule has 0 saturated carbocycles. The van der Waals surface area contributed by atoms with Crippen LogP contribution in [0.1, 0.15) is 59.3 Å². The van der Waals surface area contributed by atoms with Crippen molar-refractivity contribution in [1.29, 1.82) is 0 Å². The molecule has 0 bridgehead atoms. The minimum absolute atomic E-state index is 0.534. The lowest BCUT2D eigenvalue weighted by Gasteiger charge is -2.29. The molecule has 0 spiro atoms. The molecule has 1 heterocycles. The second-order valence-electron chi connectivity index (χ2n) is 6.87. The van der Waals surface area contributed by atoms with Crippen LogP contribution in [0.2, 0.25) is 0 Å². The summed E-state index contributed by atoms with van der Waals surface area (Å²) in [7, 11) is 2.44. The van der Waals surface area contributed by atoms with E-state index in [1.54, 1.807) is 0 Å². The first-order chi connectivity index (χ1) is 6.91. The molecule has 0 radical (unpaired) electrons. The summed E-state index contributed by atoms with van der Waals surface area (Å²) in [6, 6.07) is 0. The lowest BCUT2D eigenvalue weighted by Crippen LogP contribution is -2.41. The third-order valence-electron chi connectivity index (χ3n) is 3.77. The molecule has 0 aromatic carbocycles. The van der Waals surface area contributed by atoms with E-state index >= 15 is 0 Å². The Bertz CT molecular complexity index is 172. The summed E-state index contributed by atoms with van der Waals surface area (Å²) >= 11 is 0. The Labute approximate surface area is 96.4 Å². The van der Waals surface area contributed by atoms with Crippen LogP contribution in [0.15, 0.2) is 0 Å². The predicted molar refractivity (Wildman–Crippen MR) is 67.9 cm³/mol. The first kappa shape index (κ1) is 13.0. The molecule has 1 saturated heterocycles. The quantitative estimate of drug-likeness (QED) is 0.480. The average Bonchev–Trinajstić information content (AvgIpc) is 2.50. The van der Waals surface area contributed by atoms with Gasteiger partial charge in [-0.2, -0.15) is 0 Å². The van der Waals surface area contributed by atoms with E-state index in [1.807, 2.05) is 0 Å². The van der Waals surface area contributed by atoms with Crippen LogP contribution in [0, 0.1) is 5.41 Å². The van der Waals surface area contributed by atoms with Crippen LogP contribution in [-0.4, -0.2) is 31.2 Å². The third kappa shape index (κ3) is 5.55. The summed E-state index contributed by atoms with van der Waals surface area (Å²) in [6.45, 7) is 11.3. The van der Waals surface area contributed by atoms with Crippen LogP contribution in [0.4, 0.5) is 0 Å². The number of hydrogen-bond donors (Lipinski definition) is 0. The van der Waals surface area contributed by atoms with E-state index in [0.717, 1.165) is 0 Å². The lowest BCUT2D eigenvalue weighted by atomic mass is 9.89. The van der Waals surface area contributed by atoms with Crippen LogP contribution in [-0.2, 0) is 0 Å². The van der Waals surface area contributed by atoms with Gasteiger partial charge in [0.25, 0.3) is 0 Å². The van der Waals surface area contributed by atoms with Crippen molar-refractivity contribution in [2.24, 2.45) is 5.41 Å². The van der Waals surface area contributed by atoms with Gasteiger partial charge in [-0.3, -0.25) is 0 Å². The van der Waals surface area contributed by atoms with Gasteiger partial charge in [0.15, 0.2) is 0 Å². The normalized spacial score (nSPS) is 20.8. The molecular formula is C14H30N+. The molecule has 15 heavy (non-hydrogen) atoms. The summed E-state index contributed by atoms with van der Waals surface area (Å²) in [6.07, 6.45) is 8.59. The fourth-order valence-corrected chi connectivity index (χ4v) is 2.65. The highest BCUT2D eigenvalue weighted by atomic mass is 15.3. The first-order valence-electron chi connectivity index (χ1n) is 6.75. The zero-order valence-corrected chi connectivity index (χ0v) is 11.3. The van der Waals surface area contributed by atoms with Crippen molar-refractivity contribution in [2.45, 2.75) is 59.3 Å². The average molecular weight is 212 g/mol. The van der Waals surface area contributed by atoms with Crippen molar-refractivity contribution in [2.75, 3.05) is 26.7 Å². The summed E-state index contributed by atoms with van der Waals surface area (Å²) < 4.78 is 1.36. The second-order valence-corrected chi connectivity index (χ2v) is 6.87. The van der Waals surface area contributed by atoms with E-state index in [9.17, 15) is 0 Å². The molecule has 0 aliphatic carbocycles. The molecule has 0 amide bonds. The minimum Gasteiger partial charge on any atom is -0.326 e. The zero-order chi connectivity index (χ0) is 11.4. The number of unbranched alkanes of at least 4 members (excludes halogenated alkanes) is 2. The van der Waals surface area contributed by atoms with Crippen molar-refractivity contribution in [3.63, 3.8) is 0 Å². The molecule has 1 fully saturated rings. The van der Waals surface area contributed by atoms with Gasteiger partial charge in [0.05, 0.1) is 26.7 Å². The summed E-state index contributed by atoms with van der Waals surface area (Å²) in [5.74, 6) is 0. The van der Waals surface area contributed by atoms with Gasteiger partial charge in [0.2, 0.25) is 0 Å². The smallest absolute Gasteiger partial charge is 0.0786 e. The molecule has 1 rings (SSSR count). The van der Waals surface area contributed by atoms with Gasteiger partial charge in [-0.15, -0.1) is 0 Å². The van der Waals surface area contributed by atoms with Crippen molar-refractivity contribution in [1.82, 2.24) is 0 Å².